The molecule has 0 heterocycles. The Kier molecular flexibility index (Phi) is 4.86. The van der Waals surface area contributed by atoms with E-state index in [1.165, 1.54) is 24.3 Å². The smallest absolute Gasteiger partial charge is 0.347 e. The van der Waals surface area contributed by atoms with Crippen molar-refractivity contribution in [2.75, 3.05) is 0 Å². The maximum atomic E-state index is 11.0. The molecule has 0 spiro atoms. The van der Waals surface area contributed by atoms with Crippen molar-refractivity contribution in [3.63, 3.8) is 0 Å². The van der Waals surface area contributed by atoms with Crippen LogP contribution in [0.1, 0.15) is 0 Å². The van der Waals surface area contributed by atoms with Crippen molar-refractivity contribution >= 4 is 38.6 Å². The Morgan fingerprint density at radius 3 is 2.00 bits per heavy atom. The van der Waals surface area contributed by atoms with Crippen molar-refractivity contribution in [2.24, 2.45) is 0 Å². The molecule has 6 nitrogen and oxygen atoms in total. The highest BCUT2D eigenvalue weighted by atomic mass is 35.5. The van der Waals surface area contributed by atoms with Crippen LogP contribution < -0.4 is 4.89 Å². The number of benzene rings is 1. The van der Waals surface area contributed by atoms with Crippen LogP contribution in [-0.4, -0.2) is 19.4 Å². The van der Waals surface area contributed by atoms with Gasteiger partial charge in [-0.15, -0.1) is 11.8 Å². The van der Waals surface area contributed by atoms with Gasteiger partial charge in [0.25, 0.3) is 0 Å². The van der Waals surface area contributed by atoms with Gasteiger partial charge in [0.1, 0.15) is 0 Å². The van der Waals surface area contributed by atoms with Crippen LogP contribution >= 0.6 is 38.6 Å². The Labute approximate surface area is 106 Å². The lowest BCUT2D eigenvalue weighted by molar-refractivity contribution is -0.192. The molecule has 17 heavy (non-hydrogen) atoms. The van der Waals surface area contributed by atoms with Crippen molar-refractivity contribution < 1.29 is 28.7 Å². The van der Waals surface area contributed by atoms with Crippen molar-refractivity contribution in [1.29, 1.82) is 0 Å². The molecule has 0 saturated carbocycles. The summed E-state index contributed by atoms with van der Waals surface area (Å²) in [6, 6.07) is 5.66. The zero-order valence-electron chi connectivity index (χ0n) is 8.13. The van der Waals surface area contributed by atoms with Crippen LogP contribution in [-0.2, 0) is 9.13 Å². The van der Waals surface area contributed by atoms with E-state index in [2.05, 4.69) is 0 Å². The van der Waals surface area contributed by atoms with E-state index in [-0.39, 0.29) is 4.90 Å². The maximum absolute atomic E-state index is 11.0. The highest BCUT2D eigenvalue weighted by molar-refractivity contribution is 8.12. The number of rotatable bonds is 4. The first-order valence-electron chi connectivity index (χ1n) is 4.11. The predicted octanol–water partition coefficient (Wildman–Crippen LogP) is 1.44. The Balaban J connectivity index is 3.00. The minimum Gasteiger partial charge on any atom is -0.777 e. The van der Waals surface area contributed by atoms with Gasteiger partial charge in [-0.3, -0.25) is 4.57 Å². The second-order valence-electron chi connectivity index (χ2n) is 3.05. The van der Waals surface area contributed by atoms with E-state index in [9.17, 15) is 14.0 Å². The third kappa shape index (κ3) is 4.73. The van der Waals surface area contributed by atoms with E-state index in [4.69, 9.17) is 26.3 Å². The molecule has 0 bridgehead atoms. The van der Waals surface area contributed by atoms with Crippen LogP contribution in [0.15, 0.2) is 29.2 Å². The van der Waals surface area contributed by atoms with Gasteiger partial charge in [0.2, 0.25) is 0 Å². The van der Waals surface area contributed by atoms with Crippen molar-refractivity contribution in [3.8, 4) is 0 Å². The molecule has 96 valence electrons. The molecule has 0 radical (unpaired) electrons. The summed E-state index contributed by atoms with van der Waals surface area (Å²) in [6.45, 7) is 0. The Morgan fingerprint density at radius 2 is 1.65 bits per heavy atom. The molecule has 0 aliphatic heterocycles. The standard InChI is InChI=1S/C7H9ClO6P2S/c8-5-1-3-6(4-2-5)17-7(15(9,10)11)16(12,13)14/h1-4,7H,(H2,9,10,11)(H2,12,13,14)/p-1. The second kappa shape index (κ2) is 5.43. The summed E-state index contributed by atoms with van der Waals surface area (Å²) in [5.74, 6) is 0. The van der Waals surface area contributed by atoms with E-state index in [0.717, 1.165) is 0 Å². The van der Waals surface area contributed by atoms with E-state index >= 15 is 0 Å². The first-order valence-corrected chi connectivity index (χ1v) is 8.70. The minimum atomic E-state index is -5.16. The molecule has 3 N–H and O–H groups in total. The van der Waals surface area contributed by atoms with Gasteiger partial charge in [-0.05, 0) is 24.3 Å². The summed E-state index contributed by atoms with van der Waals surface area (Å²) >= 11 is 5.96. The van der Waals surface area contributed by atoms with Gasteiger partial charge < -0.3 is 24.1 Å². The average Bonchev–Trinajstić information content (AvgIpc) is 2.13. The summed E-state index contributed by atoms with van der Waals surface area (Å²) in [5.41, 5.74) is 0. The zero-order chi connectivity index (χ0) is 13.3. The number of halogens is 1. The fraction of sp³-hybridized carbons (Fsp3) is 0.143. The predicted molar refractivity (Wildman–Crippen MR) is 63.0 cm³/mol. The van der Waals surface area contributed by atoms with E-state index in [0.29, 0.717) is 16.8 Å². The molecule has 0 fully saturated rings. The Bertz CT molecular complexity index is 458. The quantitative estimate of drug-likeness (QED) is 0.568. The fourth-order valence-electron chi connectivity index (χ4n) is 0.960. The molecule has 2 unspecified atom stereocenters. The van der Waals surface area contributed by atoms with Gasteiger partial charge in [-0.1, -0.05) is 11.6 Å². The molecular weight excluding hydrogens is 310 g/mol. The summed E-state index contributed by atoms with van der Waals surface area (Å²) in [7, 11) is -10.1. The minimum absolute atomic E-state index is 0.271. The third-order valence-corrected chi connectivity index (χ3v) is 7.80. The van der Waals surface area contributed by atoms with E-state index in [1.807, 2.05) is 0 Å². The molecule has 0 aliphatic rings. The van der Waals surface area contributed by atoms with Crippen molar-refractivity contribution in [2.45, 2.75) is 9.63 Å². The molecule has 10 heteroatoms. The third-order valence-electron chi connectivity index (χ3n) is 1.62. The first kappa shape index (κ1) is 15.2. The Morgan fingerprint density at radius 1 is 1.18 bits per heavy atom. The summed E-state index contributed by atoms with van der Waals surface area (Å²) in [6.07, 6.45) is 0. The number of hydrogen-bond donors (Lipinski definition) is 3. The molecule has 0 aromatic heterocycles. The second-order valence-corrected chi connectivity index (χ2v) is 9.11. The molecular formula is C7H8ClO6P2S-. The lowest BCUT2D eigenvalue weighted by atomic mass is 10.4. The van der Waals surface area contributed by atoms with Crippen LogP contribution in [0.2, 0.25) is 5.02 Å². The van der Waals surface area contributed by atoms with Gasteiger partial charge in [0.05, 0.1) is 0 Å². The van der Waals surface area contributed by atoms with E-state index < -0.39 is 19.9 Å². The summed E-state index contributed by atoms with van der Waals surface area (Å²) in [5, 5.41) is 0.399. The van der Waals surface area contributed by atoms with Crippen LogP contribution in [0.4, 0.5) is 0 Å². The molecule has 0 saturated heterocycles. The molecule has 1 aromatic rings. The van der Waals surface area contributed by atoms with Crippen LogP contribution in [0.25, 0.3) is 0 Å². The van der Waals surface area contributed by atoms with Gasteiger partial charge in [-0.2, -0.15) is 0 Å². The monoisotopic (exact) mass is 317 g/mol. The highest BCUT2D eigenvalue weighted by Gasteiger charge is 2.38. The van der Waals surface area contributed by atoms with Crippen LogP contribution in [0.3, 0.4) is 0 Å². The van der Waals surface area contributed by atoms with Crippen LogP contribution in [0, 0.1) is 0 Å². The SMILES string of the molecule is O=P([O-])(O)C(Sc1ccc(Cl)cc1)P(=O)(O)O. The summed E-state index contributed by atoms with van der Waals surface area (Å²) < 4.78 is 19.6. The first-order chi connectivity index (χ1) is 7.60. The fourth-order valence-corrected chi connectivity index (χ4v) is 4.96. The number of thioether (sulfide) groups is 1. The largest absolute Gasteiger partial charge is 0.777 e. The van der Waals surface area contributed by atoms with Gasteiger partial charge in [0, 0.05) is 9.92 Å². The lowest BCUT2D eigenvalue weighted by Crippen LogP contribution is -2.13. The molecule has 1 aromatic carbocycles. The highest BCUT2D eigenvalue weighted by Crippen LogP contribution is 2.63. The zero-order valence-corrected chi connectivity index (χ0v) is 11.5. The number of hydrogen-bond acceptors (Lipinski definition) is 4. The lowest BCUT2D eigenvalue weighted by Gasteiger charge is -2.26. The molecule has 2 atom stereocenters. The van der Waals surface area contributed by atoms with Crippen LogP contribution in [0.5, 0.6) is 0 Å². The maximum Gasteiger partial charge on any atom is 0.347 e. The molecule has 0 aliphatic carbocycles. The average molecular weight is 318 g/mol. The van der Waals surface area contributed by atoms with Crippen molar-refractivity contribution in [3.05, 3.63) is 29.3 Å². The Hall–Kier alpha value is 0.160. The molecule has 1 rings (SSSR count). The van der Waals surface area contributed by atoms with Gasteiger partial charge in [0.15, 0.2) is 12.3 Å². The summed E-state index contributed by atoms with van der Waals surface area (Å²) in [4.78, 5) is 37.7. The topological polar surface area (TPSA) is 118 Å². The van der Waals surface area contributed by atoms with Gasteiger partial charge >= 0.3 is 7.60 Å². The van der Waals surface area contributed by atoms with Crippen molar-refractivity contribution in [1.82, 2.24) is 0 Å². The molecule has 0 amide bonds. The van der Waals surface area contributed by atoms with Gasteiger partial charge in [-0.25, -0.2) is 0 Å². The normalized spacial score (nSPS) is 17.5. The van der Waals surface area contributed by atoms with E-state index in [1.54, 1.807) is 0 Å².